The SMILES string of the molecule is CC(C)(CC(C)(C)C(N)C(=O)O)C(=O)NC(Cc1cnc[nH]1)C(=O)NC(C(C)(C)N)C(C)(C)N. The molecule has 1 heterocycles. The monoisotopic (exact) mass is 481 g/mol. The van der Waals surface area contributed by atoms with Gasteiger partial charge in [0.25, 0.3) is 0 Å². The number of aromatic amines is 1. The number of hydrogen-bond donors (Lipinski definition) is 7. The van der Waals surface area contributed by atoms with Gasteiger partial charge in [0.2, 0.25) is 11.8 Å². The molecule has 34 heavy (non-hydrogen) atoms. The van der Waals surface area contributed by atoms with E-state index >= 15 is 0 Å². The second-order valence-electron chi connectivity index (χ2n) is 11.8. The summed E-state index contributed by atoms with van der Waals surface area (Å²) in [6.45, 7) is 13.9. The number of carboxylic acid groups (broad SMARTS) is 1. The molecule has 1 aromatic heterocycles. The number of carboxylic acids is 1. The number of H-pyrrole nitrogens is 1. The molecule has 1 rings (SSSR count). The van der Waals surface area contributed by atoms with Crippen LogP contribution in [0.15, 0.2) is 12.5 Å². The summed E-state index contributed by atoms with van der Waals surface area (Å²) >= 11 is 0. The third-order valence-electron chi connectivity index (χ3n) is 6.00. The number of carbonyl (C=O) groups excluding carboxylic acids is 2. The van der Waals surface area contributed by atoms with Crippen LogP contribution in [0.2, 0.25) is 0 Å². The van der Waals surface area contributed by atoms with E-state index in [1.54, 1.807) is 61.6 Å². The van der Waals surface area contributed by atoms with Crippen molar-refractivity contribution >= 4 is 17.8 Å². The third kappa shape index (κ3) is 8.07. The van der Waals surface area contributed by atoms with Gasteiger partial charge in [0, 0.05) is 34.8 Å². The van der Waals surface area contributed by atoms with Crippen molar-refractivity contribution < 1.29 is 19.5 Å². The van der Waals surface area contributed by atoms with Gasteiger partial charge in [0.1, 0.15) is 12.1 Å². The van der Waals surface area contributed by atoms with Gasteiger partial charge in [0.05, 0.1) is 12.4 Å². The van der Waals surface area contributed by atoms with E-state index in [-0.39, 0.29) is 12.8 Å². The number of aromatic nitrogens is 2. The van der Waals surface area contributed by atoms with E-state index < -0.39 is 57.8 Å². The van der Waals surface area contributed by atoms with Crippen LogP contribution < -0.4 is 27.8 Å². The molecule has 194 valence electrons. The topological polar surface area (TPSA) is 202 Å². The second-order valence-corrected chi connectivity index (χ2v) is 11.8. The van der Waals surface area contributed by atoms with Gasteiger partial charge < -0.3 is 37.9 Å². The van der Waals surface area contributed by atoms with Gasteiger partial charge in [-0.2, -0.15) is 0 Å². The lowest BCUT2D eigenvalue weighted by Gasteiger charge is -2.41. The summed E-state index contributed by atoms with van der Waals surface area (Å²) < 4.78 is 0. The molecule has 0 fully saturated rings. The van der Waals surface area contributed by atoms with Crippen molar-refractivity contribution in [3.8, 4) is 0 Å². The standard InChI is InChI=1S/C23H43N7O4/c1-20(2,15(24)17(32)33)11-21(3,4)19(34)29-14(9-13-10-27-12-28-13)16(31)30-18(22(5,6)25)23(7,8)26/h10,12,14-15,18H,9,11,24-26H2,1-8H3,(H,27,28)(H,29,34)(H,30,31)(H,32,33). The summed E-state index contributed by atoms with van der Waals surface area (Å²) in [5, 5.41) is 15.1. The predicted molar refractivity (Wildman–Crippen MR) is 130 cm³/mol. The van der Waals surface area contributed by atoms with E-state index in [4.69, 9.17) is 17.2 Å². The van der Waals surface area contributed by atoms with Crippen LogP contribution in [-0.4, -0.2) is 62.1 Å². The zero-order valence-electron chi connectivity index (χ0n) is 21.7. The van der Waals surface area contributed by atoms with Crippen LogP contribution >= 0.6 is 0 Å². The van der Waals surface area contributed by atoms with Crippen molar-refractivity contribution in [2.45, 2.75) is 97.4 Å². The zero-order valence-corrected chi connectivity index (χ0v) is 21.7. The number of rotatable bonds is 12. The van der Waals surface area contributed by atoms with Crippen LogP contribution in [0.3, 0.4) is 0 Å². The molecule has 0 radical (unpaired) electrons. The molecule has 0 saturated heterocycles. The zero-order chi connectivity index (χ0) is 26.7. The Morgan fingerprint density at radius 1 is 1.03 bits per heavy atom. The first-order valence-corrected chi connectivity index (χ1v) is 11.3. The maximum Gasteiger partial charge on any atom is 0.321 e. The van der Waals surface area contributed by atoms with E-state index in [0.29, 0.717) is 5.69 Å². The highest BCUT2D eigenvalue weighted by atomic mass is 16.4. The Morgan fingerprint density at radius 3 is 1.97 bits per heavy atom. The number of hydrogen-bond acceptors (Lipinski definition) is 7. The molecule has 2 unspecified atom stereocenters. The Kier molecular flexibility index (Phi) is 9.04. The molecule has 11 heteroatoms. The maximum absolute atomic E-state index is 13.3. The van der Waals surface area contributed by atoms with Gasteiger partial charge in [0.15, 0.2) is 0 Å². The highest BCUT2D eigenvalue weighted by Gasteiger charge is 2.42. The minimum atomic E-state index is -1.15. The van der Waals surface area contributed by atoms with Crippen molar-refractivity contribution in [2.75, 3.05) is 0 Å². The van der Waals surface area contributed by atoms with Gasteiger partial charge >= 0.3 is 5.97 Å². The van der Waals surface area contributed by atoms with E-state index in [1.807, 2.05) is 0 Å². The molecule has 2 atom stereocenters. The van der Waals surface area contributed by atoms with E-state index in [1.165, 1.54) is 6.33 Å². The first kappa shape index (κ1) is 29.5. The third-order valence-corrected chi connectivity index (χ3v) is 6.00. The lowest BCUT2D eigenvalue weighted by molar-refractivity contribution is -0.143. The van der Waals surface area contributed by atoms with E-state index in [0.717, 1.165) is 0 Å². The summed E-state index contributed by atoms with van der Waals surface area (Å²) in [6, 6.07) is -2.69. The molecule has 0 spiro atoms. The smallest absolute Gasteiger partial charge is 0.321 e. The second kappa shape index (κ2) is 10.4. The minimum absolute atomic E-state index is 0.161. The summed E-state index contributed by atoms with van der Waals surface area (Å²) in [7, 11) is 0. The molecule has 11 nitrogen and oxygen atoms in total. The fourth-order valence-electron chi connectivity index (χ4n) is 4.42. The van der Waals surface area contributed by atoms with Crippen LogP contribution in [0.1, 0.15) is 67.5 Å². The molecule has 0 bridgehead atoms. The molecule has 0 aliphatic carbocycles. The molecule has 1 aromatic rings. The Balaban J connectivity index is 3.16. The summed E-state index contributed by atoms with van der Waals surface area (Å²) in [4.78, 5) is 45.0. The summed E-state index contributed by atoms with van der Waals surface area (Å²) in [5.74, 6) is -1.99. The molecular formula is C23H43N7O4. The Bertz CT molecular complexity index is 838. The van der Waals surface area contributed by atoms with Crippen LogP contribution in [0, 0.1) is 10.8 Å². The molecule has 0 aliphatic rings. The van der Waals surface area contributed by atoms with Crippen molar-refractivity contribution in [3.05, 3.63) is 18.2 Å². The number of imidazole rings is 1. The van der Waals surface area contributed by atoms with Crippen LogP contribution in [0.25, 0.3) is 0 Å². The molecule has 0 saturated carbocycles. The summed E-state index contributed by atoms with van der Waals surface area (Å²) in [6.07, 6.45) is 3.41. The van der Waals surface area contributed by atoms with E-state index in [9.17, 15) is 19.5 Å². The number of nitrogens with zero attached hydrogens (tertiary/aromatic N) is 1. The van der Waals surface area contributed by atoms with Gasteiger partial charge in [-0.3, -0.25) is 14.4 Å². The van der Waals surface area contributed by atoms with Crippen molar-refractivity contribution in [3.63, 3.8) is 0 Å². The Hall–Kier alpha value is -2.50. The lowest BCUT2D eigenvalue weighted by atomic mass is 9.70. The van der Waals surface area contributed by atoms with Crippen molar-refractivity contribution in [1.82, 2.24) is 20.6 Å². The van der Waals surface area contributed by atoms with Gasteiger partial charge in [-0.05, 0) is 39.5 Å². The van der Waals surface area contributed by atoms with Crippen molar-refractivity contribution in [2.24, 2.45) is 28.0 Å². The Labute approximate surface area is 202 Å². The molecule has 10 N–H and O–H groups in total. The highest BCUT2D eigenvalue weighted by molar-refractivity contribution is 5.90. The first-order valence-electron chi connectivity index (χ1n) is 11.3. The van der Waals surface area contributed by atoms with Crippen molar-refractivity contribution in [1.29, 1.82) is 0 Å². The van der Waals surface area contributed by atoms with Gasteiger partial charge in [-0.15, -0.1) is 0 Å². The number of amides is 2. The highest BCUT2D eigenvalue weighted by Crippen LogP contribution is 2.36. The number of nitrogens with two attached hydrogens (primary N) is 3. The number of carbonyl (C=O) groups is 3. The molecule has 2 amide bonds. The molecular weight excluding hydrogens is 438 g/mol. The molecule has 0 aromatic carbocycles. The lowest BCUT2D eigenvalue weighted by Crippen LogP contribution is -2.69. The quantitative estimate of drug-likeness (QED) is 0.220. The fraction of sp³-hybridized carbons (Fsp3) is 0.739. The van der Waals surface area contributed by atoms with E-state index in [2.05, 4.69) is 20.6 Å². The first-order chi connectivity index (χ1) is 15.2. The fourth-order valence-corrected chi connectivity index (χ4v) is 4.42. The van der Waals surface area contributed by atoms with Crippen LogP contribution in [0.5, 0.6) is 0 Å². The average Bonchev–Trinajstić information content (AvgIpc) is 3.14. The normalized spacial score (nSPS) is 15.1. The Morgan fingerprint density at radius 2 is 1.56 bits per heavy atom. The number of nitrogens with one attached hydrogen (secondary N) is 3. The average molecular weight is 482 g/mol. The van der Waals surface area contributed by atoms with Gasteiger partial charge in [-0.25, -0.2) is 4.98 Å². The number of aliphatic carboxylic acids is 1. The largest absolute Gasteiger partial charge is 0.480 e. The van der Waals surface area contributed by atoms with Crippen LogP contribution in [-0.2, 0) is 20.8 Å². The summed E-state index contributed by atoms with van der Waals surface area (Å²) in [5.41, 5.74) is 15.5. The minimum Gasteiger partial charge on any atom is -0.480 e. The maximum atomic E-state index is 13.3. The van der Waals surface area contributed by atoms with Crippen LogP contribution in [0.4, 0.5) is 0 Å². The van der Waals surface area contributed by atoms with Gasteiger partial charge in [-0.1, -0.05) is 27.7 Å². The molecule has 0 aliphatic heterocycles. The predicted octanol–water partition coefficient (Wildman–Crippen LogP) is 0.251.